The van der Waals surface area contributed by atoms with Crippen LogP contribution in [-0.2, 0) is 15.6 Å². The van der Waals surface area contributed by atoms with Gasteiger partial charge < -0.3 is 15.5 Å². The molecular weight excluding hydrogens is 487 g/mol. The molecule has 1 atom stereocenters. The minimum atomic E-state index is -1.01. The molecule has 1 aromatic carbocycles. The summed E-state index contributed by atoms with van der Waals surface area (Å²) in [6.45, 7) is 5.72. The van der Waals surface area contributed by atoms with Gasteiger partial charge in [-0.15, -0.1) is 24.0 Å². The van der Waals surface area contributed by atoms with E-state index in [-0.39, 0.29) is 29.9 Å². The zero-order valence-corrected chi connectivity index (χ0v) is 19.8. The van der Waals surface area contributed by atoms with Gasteiger partial charge in [0.15, 0.2) is 5.96 Å². The first-order valence-corrected chi connectivity index (χ1v) is 11.3. The number of rotatable bonds is 9. The fourth-order valence-electron chi connectivity index (χ4n) is 3.02. The maximum atomic E-state index is 12.3. The van der Waals surface area contributed by atoms with Crippen molar-refractivity contribution in [2.45, 2.75) is 43.9 Å². The van der Waals surface area contributed by atoms with Crippen LogP contribution in [0.2, 0.25) is 0 Å². The number of guanidine groups is 1. The second kappa shape index (κ2) is 14.8. The van der Waals surface area contributed by atoms with Crippen LogP contribution in [0.15, 0.2) is 40.2 Å². The first-order valence-electron chi connectivity index (χ1n) is 9.94. The summed E-state index contributed by atoms with van der Waals surface area (Å²) in [5, 5.41) is 6.46. The summed E-state index contributed by atoms with van der Waals surface area (Å²) in [5.74, 6) is 1.56. The zero-order valence-electron chi connectivity index (χ0n) is 16.7. The van der Waals surface area contributed by atoms with Crippen LogP contribution >= 0.6 is 24.0 Å². The van der Waals surface area contributed by atoms with Crippen molar-refractivity contribution in [3.8, 4) is 0 Å². The van der Waals surface area contributed by atoms with Crippen molar-refractivity contribution in [1.29, 1.82) is 0 Å². The van der Waals surface area contributed by atoms with Gasteiger partial charge in [-0.1, -0.05) is 24.6 Å². The first kappa shape index (κ1) is 24.9. The number of carbonyl (C=O) groups excluding carboxylic acids is 1. The minimum Gasteiger partial charge on any atom is -0.357 e. The Kier molecular flexibility index (Phi) is 13.1. The first-order chi connectivity index (χ1) is 13.2. The molecule has 1 unspecified atom stereocenters. The normalized spacial score (nSPS) is 16.1. The molecule has 1 amide bonds. The standard InChI is InChI=1S/C20H32N4O2S.HI/c1-2-21-20(23-14-17-27(26)18-10-5-3-6-11-18)22-13-9-16-24-15-8-4-7-12-19(24)25;/h3,5-6,10-11H,2,4,7-9,12-17H2,1H3,(H2,21,22,23);1H. The Labute approximate surface area is 188 Å². The van der Waals surface area contributed by atoms with Crippen LogP contribution in [0.25, 0.3) is 0 Å². The van der Waals surface area contributed by atoms with Crippen molar-refractivity contribution in [1.82, 2.24) is 15.5 Å². The molecule has 28 heavy (non-hydrogen) atoms. The molecule has 1 aromatic rings. The fourth-order valence-corrected chi connectivity index (χ4v) is 4.01. The van der Waals surface area contributed by atoms with Crippen LogP contribution < -0.4 is 10.6 Å². The molecule has 6 nitrogen and oxygen atoms in total. The third-order valence-electron chi connectivity index (χ3n) is 4.46. The van der Waals surface area contributed by atoms with Gasteiger partial charge in [-0.25, -0.2) is 0 Å². The van der Waals surface area contributed by atoms with E-state index in [0.29, 0.717) is 25.3 Å². The predicted molar refractivity (Wildman–Crippen MR) is 127 cm³/mol. The van der Waals surface area contributed by atoms with E-state index in [0.717, 1.165) is 56.2 Å². The van der Waals surface area contributed by atoms with E-state index in [1.807, 2.05) is 42.2 Å². The molecule has 1 aliphatic rings. The van der Waals surface area contributed by atoms with Crippen molar-refractivity contribution in [3.05, 3.63) is 30.3 Å². The number of hydrogen-bond acceptors (Lipinski definition) is 3. The molecule has 1 aliphatic heterocycles. The highest BCUT2D eigenvalue weighted by molar-refractivity contribution is 14.0. The van der Waals surface area contributed by atoms with E-state index in [1.165, 1.54) is 0 Å². The Morgan fingerprint density at radius 2 is 1.96 bits per heavy atom. The maximum Gasteiger partial charge on any atom is 0.222 e. The molecule has 0 aliphatic carbocycles. The van der Waals surface area contributed by atoms with Crippen molar-refractivity contribution >= 4 is 46.6 Å². The highest BCUT2D eigenvalue weighted by Gasteiger charge is 2.15. The van der Waals surface area contributed by atoms with Crippen LogP contribution in [-0.4, -0.2) is 59.5 Å². The largest absolute Gasteiger partial charge is 0.357 e. The number of nitrogens with zero attached hydrogens (tertiary/aromatic N) is 2. The molecule has 1 heterocycles. The Balaban J connectivity index is 0.00000392. The van der Waals surface area contributed by atoms with Gasteiger partial charge >= 0.3 is 0 Å². The van der Waals surface area contributed by atoms with Crippen LogP contribution in [0.4, 0.5) is 0 Å². The number of amides is 1. The van der Waals surface area contributed by atoms with E-state index in [1.54, 1.807) is 0 Å². The lowest BCUT2D eigenvalue weighted by Crippen LogP contribution is -2.39. The molecule has 1 fully saturated rings. The molecule has 2 N–H and O–H groups in total. The number of nitrogens with one attached hydrogen (secondary N) is 2. The van der Waals surface area contributed by atoms with Gasteiger partial charge in [-0.05, 0) is 38.3 Å². The predicted octanol–water partition coefficient (Wildman–Crippen LogP) is 2.76. The highest BCUT2D eigenvalue weighted by atomic mass is 127. The molecule has 0 spiro atoms. The average Bonchev–Trinajstić information content (AvgIpc) is 2.90. The van der Waals surface area contributed by atoms with Crippen molar-refractivity contribution in [2.24, 2.45) is 4.99 Å². The summed E-state index contributed by atoms with van der Waals surface area (Å²) in [4.78, 5) is 19.4. The molecule has 8 heteroatoms. The van der Waals surface area contributed by atoms with Gasteiger partial charge in [0.25, 0.3) is 0 Å². The SMILES string of the molecule is CCNC(=NCCCN1CCCCCC1=O)NCCS(=O)c1ccccc1.I. The molecule has 0 saturated carbocycles. The molecular formula is C20H33IN4O2S. The Morgan fingerprint density at radius 3 is 2.71 bits per heavy atom. The van der Waals surface area contributed by atoms with Crippen LogP contribution in [0.3, 0.4) is 0 Å². The lowest BCUT2D eigenvalue weighted by molar-refractivity contribution is -0.130. The van der Waals surface area contributed by atoms with Gasteiger partial charge in [0, 0.05) is 49.8 Å². The number of halogens is 1. The quantitative estimate of drug-likeness (QED) is 0.227. The molecule has 1 saturated heterocycles. The summed E-state index contributed by atoms with van der Waals surface area (Å²) in [6.07, 6.45) is 4.83. The second-order valence-corrected chi connectivity index (χ2v) is 8.17. The third kappa shape index (κ3) is 9.36. The summed E-state index contributed by atoms with van der Waals surface area (Å²) in [7, 11) is -1.01. The van der Waals surface area contributed by atoms with Crippen LogP contribution in [0, 0.1) is 0 Å². The molecule has 2 rings (SSSR count). The number of hydrogen-bond donors (Lipinski definition) is 2. The maximum absolute atomic E-state index is 12.3. The minimum absolute atomic E-state index is 0. The Morgan fingerprint density at radius 1 is 1.18 bits per heavy atom. The summed E-state index contributed by atoms with van der Waals surface area (Å²) in [5.41, 5.74) is 0. The number of benzene rings is 1. The van der Waals surface area contributed by atoms with Gasteiger partial charge in [0.05, 0.1) is 10.8 Å². The van der Waals surface area contributed by atoms with E-state index in [4.69, 9.17) is 0 Å². The highest BCUT2D eigenvalue weighted by Crippen LogP contribution is 2.11. The Bertz CT molecular complexity index is 628. The van der Waals surface area contributed by atoms with Gasteiger partial charge in [0.1, 0.15) is 0 Å². The van der Waals surface area contributed by atoms with E-state index in [2.05, 4.69) is 15.6 Å². The monoisotopic (exact) mass is 520 g/mol. The Hall–Kier alpha value is -1.16. The molecule has 0 aromatic heterocycles. The zero-order chi connectivity index (χ0) is 19.3. The third-order valence-corrected chi connectivity index (χ3v) is 5.83. The summed E-state index contributed by atoms with van der Waals surface area (Å²) in [6, 6.07) is 9.51. The molecule has 0 radical (unpaired) electrons. The van der Waals surface area contributed by atoms with E-state index in [9.17, 15) is 9.00 Å². The average molecular weight is 520 g/mol. The molecule has 158 valence electrons. The lowest BCUT2D eigenvalue weighted by Gasteiger charge is -2.20. The van der Waals surface area contributed by atoms with Crippen molar-refractivity contribution < 1.29 is 9.00 Å². The number of likely N-dealkylation sites (tertiary alicyclic amines) is 1. The topological polar surface area (TPSA) is 73.8 Å². The van der Waals surface area contributed by atoms with Gasteiger partial charge in [0.2, 0.25) is 5.91 Å². The van der Waals surface area contributed by atoms with E-state index >= 15 is 0 Å². The van der Waals surface area contributed by atoms with Crippen molar-refractivity contribution in [2.75, 3.05) is 38.5 Å². The smallest absolute Gasteiger partial charge is 0.222 e. The van der Waals surface area contributed by atoms with E-state index < -0.39 is 10.8 Å². The number of carbonyl (C=O) groups is 1. The summed E-state index contributed by atoms with van der Waals surface area (Å²) < 4.78 is 12.3. The van der Waals surface area contributed by atoms with Gasteiger partial charge in [-0.3, -0.25) is 14.0 Å². The van der Waals surface area contributed by atoms with Crippen LogP contribution in [0.5, 0.6) is 0 Å². The summed E-state index contributed by atoms with van der Waals surface area (Å²) >= 11 is 0. The van der Waals surface area contributed by atoms with Crippen molar-refractivity contribution in [3.63, 3.8) is 0 Å². The van der Waals surface area contributed by atoms with Crippen LogP contribution in [0.1, 0.15) is 39.0 Å². The molecule has 0 bridgehead atoms. The fraction of sp³-hybridized carbons (Fsp3) is 0.600. The second-order valence-electron chi connectivity index (χ2n) is 6.60. The van der Waals surface area contributed by atoms with Gasteiger partial charge in [-0.2, -0.15) is 0 Å². The number of aliphatic imine (C=N–C) groups is 1. The lowest BCUT2D eigenvalue weighted by atomic mass is 10.2.